The number of hydrogen-bond donors (Lipinski definition) is 1. The van der Waals surface area contributed by atoms with Gasteiger partial charge in [-0.05, 0) is 18.6 Å². The quantitative estimate of drug-likeness (QED) is 0.788. The number of aromatic nitrogens is 1. The van der Waals surface area contributed by atoms with Gasteiger partial charge in [0.2, 0.25) is 5.91 Å². The molecule has 0 fully saturated rings. The summed E-state index contributed by atoms with van der Waals surface area (Å²) in [4.78, 5) is 15.7. The van der Waals surface area contributed by atoms with Crippen molar-refractivity contribution in [3.63, 3.8) is 0 Å². The molecule has 2 aromatic rings. The highest BCUT2D eigenvalue weighted by atomic mass is 16.5. The summed E-state index contributed by atoms with van der Waals surface area (Å²) >= 11 is 0. The number of rotatable bonds is 7. The number of nitrogens with zero attached hydrogens (tertiary/aromatic N) is 1. The first-order valence-electron chi connectivity index (χ1n) is 6.59. The van der Waals surface area contributed by atoms with Crippen molar-refractivity contribution in [2.45, 2.75) is 26.3 Å². The fraction of sp³-hybridized carbons (Fsp3) is 0.333. The van der Waals surface area contributed by atoms with Crippen molar-refractivity contribution >= 4 is 5.91 Å². The summed E-state index contributed by atoms with van der Waals surface area (Å²) in [6.45, 7) is 2.70. The number of para-hydroxylation sites is 1. The molecule has 106 valence electrons. The lowest BCUT2D eigenvalue weighted by molar-refractivity contribution is -0.121. The third-order valence-electron chi connectivity index (χ3n) is 2.69. The van der Waals surface area contributed by atoms with E-state index in [2.05, 4.69) is 10.3 Å². The third-order valence-corrected chi connectivity index (χ3v) is 2.69. The first-order valence-corrected chi connectivity index (χ1v) is 6.59. The van der Waals surface area contributed by atoms with E-state index in [1.807, 2.05) is 30.3 Å². The highest BCUT2D eigenvalue weighted by Gasteiger charge is 2.04. The van der Waals surface area contributed by atoms with Crippen molar-refractivity contribution in [1.29, 1.82) is 0 Å². The van der Waals surface area contributed by atoms with E-state index in [9.17, 15) is 4.79 Å². The molecule has 1 N–H and O–H groups in total. The topological polar surface area (TPSA) is 64.4 Å². The van der Waals surface area contributed by atoms with Gasteiger partial charge in [0, 0.05) is 13.3 Å². The molecular weight excluding hydrogens is 256 g/mol. The molecule has 0 aliphatic carbocycles. The zero-order chi connectivity index (χ0) is 14.2. The molecule has 20 heavy (non-hydrogen) atoms. The minimum Gasteiger partial charge on any atom is -0.494 e. The SMILES string of the molecule is Cc1nc(CNC(=O)CCCOc2ccccc2)co1. The minimum absolute atomic E-state index is 0.0117. The highest BCUT2D eigenvalue weighted by molar-refractivity contribution is 5.75. The maximum atomic E-state index is 11.6. The van der Waals surface area contributed by atoms with E-state index in [-0.39, 0.29) is 5.91 Å². The Morgan fingerprint density at radius 2 is 2.15 bits per heavy atom. The van der Waals surface area contributed by atoms with Crippen LogP contribution in [0.2, 0.25) is 0 Å². The molecule has 1 aromatic heterocycles. The van der Waals surface area contributed by atoms with Crippen molar-refractivity contribution < 1.29 is 13.9 Å². The van der Waals surface area contributed by atoms with E-state index in [1.54, 1.807) is 13.2 Å². The highest BCUT2D eigenvalue weighted by Crippen LogP contribution is 2.08. The van der Waals surface area contributed by atoms with Crippen molar-refractivity contribution in [3.8, 4) is 5.75 Å². The van der Waals surface area contributed by atoms with Crippen LogP contribution >= 0.6 is 0 Å². The molecule has 0 unspecified atom stereocenters. The maximum Gasteiger partial charge on any atom is 0.220 e. The molecule has 5 heteroatoms. The van der Waals surface area contributed by atoms with E-state index < -0.39 is 0 Å². The molecule has 0 aliphatic rings. The number of oxazole rings is 1. The molecule has 0 atom stereocenters. The summed E-state index contributed by atoms with van der Waals surface area (Å²) in [5.74, 6) is 1.42. The van der Waals surface area contributed by atoms with Crippen LogP contribution in [-0.2, 0) is 11.3 Å². The largest absolute Gasteiger partial charge is 0.494 e. The predicted molar refractivity (Wildman–Crippen MR) is 74.3 cm³/mol. The monoisotopic (exact) mass is 274 g/mol. The normalized spacial score (nSPS) is 10.2. The fourth-order valence-electron chi connectivity index (χ4n) is 1.71. The number of amides is 1. The molecule has 0 saturated carbocycles. The average Bonchev–Trinajstić information content (AvgIpc) is 2.88. The van der Waals surface area contributed by atoms with Crippen LogP contribution in [0.3, 0.4) is 0 Å². The molecule has 2 rings (SSSR count). The first-order chi connectivity index (χ1) is 9.74. The summed E-state index contributed by atoms with van der Waals surface area (Å²) in [6.07, 6.45) is 2.66. The van der Waals surface area contributed by atoms with Crippen LogP contribution < -0.4 is 10.1 Å². The maximum absolute atomic E-state index is 11.6. The van der Waals surface area contributed by atoms with Crippen LogP contribution in [0.1, 0.15) is 24.4 Å². The number of hydrogen-bond acceptors (Lipinski definition) is 4. The van der Waals surface area contributed by atoms with Gasteiger partial charge in [0.1, 0.15) is 12.0 Å². The second kappa shape index (κ2) is 7.33. The van der Waals surface area contributed by atoms with Crippen LogP contribution in [0.25, 0.3) is 0 Å². The Hall–Kier alpha value is -2.30. The van der Waals surface area contributed by atoms with Crippen LogP contribution in [-0.4, -0.2) is 17.5 Å². The lowest BCUT2D eigenvalue weighted by atomic mass is 10.3. The van der Waals surface area contributed by atoms with Gasteiger partial charge in [0.05, 0.1) is 18.8 Å². The second-order valence-electron chi connectivity index (χ2n) is 4.40. The number of benzene rings is 1. The zero-order valence-corrected chi connectivity index (χ0v) is 11.5. The second-order valence-corrected chi connectivity index (χ2v) is 4.40. The standard InChI is InChI=1S/C15H18N2O3/c1-12-17-13(11-20-12)10-16-15(18)8-5-9-19-14-6-3-2-4-7-14/h2-4,6-7,11H,5,8-10H2,1H3,(H,16,18). The Morgan fingerprint density at radius 1 is 1.35 bits per heavy atom. The number of ether oxygens (including phenoxy) is 1. The Bertz CT molecular complexity index is 537. The lowest BCUT2D eigenvalue weighted by Gasteiger charge is -2.06. The van der Waals surface area contributed by atoms with E-state index >= 15 is 0 Å². The predicted octanol–water partition coefficient (Wildman–Crippen LogP) is 2.46. The number of nitrogens with one attached hydrogen (secondary N) is 1. The van der Waals surface area contributed by atoms with Gasteiger partial charge in [-0.2, -0.15) is 0 Å². The van der Waals surface area contributed by atoms with Gasteiger partial charge < -0.3 is 14.5 Å². The van der Waals surface area contributed by atoms with Crippen molar-refractivity contribution in [2.24, 2.45) is 0 Å². The molecule has 0 radical (unpaired) electrons. The van der Waals surface area contributed by atoms with E-state index in [1.165, 1.54) is 0 Å². The van der Waals surface area contributed by atoms with Crippen LogP contribution in [0.5, 0.6) is 5.75 Å². The van der Waals surface area contributed by atoms with Gasteiger partial charge in [-0.25, -0.2) is 4.98 Å². The Morgan fingerprint density at radius 3 is 2.85 bits per heavy atom. The molecule has 0 aliphatic heterocycles. The zero-order valence-electron chi connectivity index (χ0n) is 11.5. The molecule has 1 aromatic carbocycles. The lowest BCUT2D eigenvalue weighted by Crippen LogP contribution is -2.23. The summed E-state index contributed by atoms with van der Waals surface area (Å²) in [5.41, 5.74) is 0.733. The van der Waals surface area contributed by atoms with Crippen LogP contribution in [0.15, 0.2) is 41.0 Å². The van der Waals surface area contributed by atoms with Crippen LogP contribution in [0.4, 0.5) is 0 Å². The van der Waals surface area contributed by atoms with Gasteiger partial charge in [0.15, 0.2) is 5.89 Å². The summed E-state index contributed by atoms with van der Waals surface area (Å²) in [5, 5.41) is 2.79. The Balaban J connectivity index is 1.58. The Kier molecular flexibility index (Phi) is 5.17. The molecule has 1 amide bonds. The fourth-order valence-corrected chi connectivity index (χ4v) is 1.71. The van der Waals surface area contributed by atoms with E-state index in [4.69, 9.17) is 9.15 Å². The summed E-state index contributed by atoms with van der Waals surface area (Å²) in [6, 6.07) is 9.57. The smallest absolute Gasteiger partial charge is 0.220 e. The number of aryl methyl sites for hydroxylation is 1. The number of carbonyl (C=O) groups is 1. The van der Waals surface area contributed by atoms with Gasteiger partial charge in [-0.3, -0.25) is 4.79 Å². The molecule has 0 bridgehead atoms. The Labute approximate surface area is 118 Å². The van der Waals surface area contributed by atoms with Gasteiger partial charge >= 0.3 is 0 Å². The minimum atomic E-state index is -0.0117. The molecular formula is C15H18N2O3. The van der Waals surface area contributed by atoms with E-state index in [0.717, 1.165) is 11.4 Å². The van der Waals surface area contributed by atoms with Gasteiger partial charge in [-0.15, -0.1) is 0 Å². The van der Waals surface area contributed by atoms with E-state index in [0.29, 0.717) is 31.9 Å². The molecule has 0 saturated heterocycles. The van der Waals surface area contributed by atoms with Crippen LogP contribution in [0, 0.1) is 6.92 Å². The van der Waals surface area contributed by atoms with Crippen molar-refractivity contribution in [2.75, 3.05) is 6.61 Å². The molecule has 5 nitrogen and oxygen atoms in total. The summed E-state index contributed by atoms with van der Waals surface area (Å²) in [7, 11) is 0. The summed E-state index contributed by atoms with van der Waals surface area (Å²) < 4.78 is 10.6. The van der Waals surface area contributed by atoms with Gasteiger partial charge in [-0.1, -0.05) is 18.2 Å². The average molecular weight is 274 g/mol. The van der Waals surface area contributed by atoms with Gasteiger partial charge in [0.25, 0.3) is 0 Å². The van der Waals surface area contributed by atoms with Crippen molar-refractivity contribution in [3.05, 3.63) is 48.2 Å². The molecule has 0 spiro atoms. The molecule has 1 heterocycles. The third kappa shape index (κ3) is 4.76. The number of carbonyl (C=O) groups excluding carboxylic acids is 1. The van der Waals surface area contributed by atoms with Crippen molar-refractivity contribution in [1.82, 2.24) is 10.3 Å². The first kappa shape index (κ1) is 14.1.